The Morgan fingerprint density at radius 3 is 2.56 bits per heavy atom. The Morgan fingerprint density at radius 1 is 1.33 bits per heavy atom. The summed E-state index contributed by atoms with van der Waals surface area (Å²) in [6.45, 7) is 6.47. The Morgan fingerprint density at radius 2 is 2.00 bits per heavy atom. The van der Waals surface area contributed by atoms with Crippen molar-refractivity contribution in [2.24, 2.45) is 0 Å². The molecule has 0 heterocycles. The van der Waals surface area contributed by atoms with E-state index >= 15 is 0 Å². The zero-order valence-electron chi connectivity index (χ0n) is 11.2. The molecule has 0 saturated heterocycles. The minimum Gasteiger partial charge on any atom is -0.493 e. The average molecular weight is 256 g/mol. The van der Waals surface area contributed by atoms with Gasteiger partial charge in [-0.2, -0.15) is 0 Å². The van der Waals surface area contributed by atoms with E-state index in [1.807, 2.05) is 13.8 Å². The van der Waals surface area contributed by atoms with Crippen molar-refractivity contribution in [3.8, 4) is 5.75 Å². The van der Waals surface area contributed by atoms with E-state index in [0.717, 1.165) is 25.3 Å². The summed E-state index contributed by atoms with van der Waals surface area (Å²) in [6.07, 6.45) is 2.90. The van der Waals surface area contributed by atoms with E-state index in [2.05, 4.69) is 6.92 Å². The van der Waals surface area contributed by atoms with E-state index < -0.39 is 11.8 Å². The summed E-state index contributed by atoms with van der Waals surface area (Å²) in [4.78, 5) is 10.8. The highest BCUT2D eigenvalue weighted by Crippen LogP contribution is 2.21. The van der Waals surface area contributed by atoms with Crippen LogP contribution >= 0.6 is 0 Å². The van der Waals surface area contributed by atoms with Crippen molar-refractivity contribution in [2.75, 3.05) is 6.61 Å². The predicted molar refractivity (Wildman–Crippen MR) is 69.7 cm³/mol. The number of hydrogen-bond acceptors (Lipinski definition) is 2. The summed E-state index contributed by atoms with van der Waals surface area (Å²) >= 11 is 0. The highest BCUT2D eigenvalue weighted by atomic mass is 19.1. The third-order valence-electron chi connectivity index (χ3n) is 2.19. The Labute approximate surface area is 108 Å². The molecule has 0 atom stereocenters. The van der Waals surface area contributed by atoms with Gasteiger partial charge in [0, 0.05) is 0 Å². The van der Waals surface area contributed by atoms with E-state index in [0.29, 0.717) is 6.61 Å². The molecule has 1 aromatic carbocycles. The molecule has 0 bridgehead atoms. The third kappa shape index (κ3) is 5.17. The van der Waals surface area contributed by atoms with Gasteiger partial charge in [-0.3, -0.25) is 0 Å². The Balaban J connectivity index is 0.00000137. The van der Waals surface area contributed by atoms with Crippen LogP contribution in [0.15, 0.2) is 18.2 Å². The van der Waals surface area contributed by atoms with Gasteiger partial charge in [-0.05, 0) is 18.6 Å². The fourth-order valence-corrected chi connectivity index (χ4v) is 1.37. The number of halogens is 1. The molecule has 0 aliphatic rings. The van der Waals surface area contributed by atoms with Gasteiger partial charge < -0.3 is 9.84 Å². The molecule has 4 heteroatoms. The lowest BCUT2D eigenvalue weighted by molar-refractivity contribution is 0.0686. The molecular formula is C14H21FO3. The second kappa shape index (κ2) is 9.45. The molecule has 0 unspecified atom stereocenters. The predicted octanol–water partition coefficient (Wildman–Crippen LogP) is 4.12. The number of carboxylic acids is 1. The minimum absolute atomic E-state index is 0.101. The molecule has 0 spiro atoms. The Bertz CT molecular complexity index is 364. The van der Waals surface area contributed by atoms with Crippen LogP contribution in [-0.2, 0) is 0 Å². The van der Waals surface area contributed by atoms with Crippen LogP contribution in [0.2, 0.25) is 0 Å². The second-order valence-corrected chi connectivity index (χ2v) is 3.47. The summed E-state index contributed by atoms with van der Waals surface area (Å²) < 4.78 is 18.5. The van der Waals surface area contributed by atoms with E-state index in [9.17, 15) is 9.18 Å². The number of ether oxygens (including phenoxy) is 1. The van der Waals surface area contributed by atoms with Gasteiger partial charge in [0.1, 0.15) is 17.1 Å². The average Bonchev–Trinajstić information content (AvgIpc) is 2.36. The summed E-state index contributed by atoms with van der Waals surface area (Å²) in [5.41, 5.74) is -0.390. The topological polar surface area (TPSA) is 46.5 Å². The van der Waals surface area contributed by atoms with Crippen LogP contribution in [0.5, 0.6) is 5.75 Å². The molecule has 1 aromatic rings. The van der Waals surface area contributed by atoms with Crippen LogP contribution in [-0.4, -0.2) is 17.7 Å². The molecule has 0 amide bonds. The monoisotopic (exact) mass is 256 g/mol. The molecule has 0 saturated carbocycles. The number of benzene rings is 1. The molecule has 102 valence electrons. The van der Waals surface area contributed by atoms with Crippen LogP contribution in [0, 0.1) is 5.82 Å². The Kier molecular flexibility index (Phi) is 8.62. The highest BCUT2D eigenvalue weighted by molar-refractivity contribution is 5.91. The van der Waals surface area contributed by atoms with Gasteiger partial charge in [0.25, 0.3) is 0 Å². The van der Waals surface area contributed by atoms with Crippen molar-refractivity contribution in [3.63, 3.8) is 0 Å². The van der Waals surface area contributed by atoms with Gasteiger partial charge in [0.15, 0.2) is 0 Å². The number of aromatic carboxylic acids is 1. The molecule has 3 nitrogen and oxygen atoms in total. The molecular weight excluding hydrogens is 235 g/mol. The summed E-state index contributed by atoms with van der Waals surface area (Å²) in [5, 5.41) is 8.83. The first-order valence-electron chi connectivity index (χ1n) is 6.31. The van der Waals surface area contributed by atoms with Gasteiger partial charge in [-0.15, -0.1) is 0 Å². The summed E-state index contributed by atoms with van der Waals surface area (Å²) in [5.74, 6) is -1.97. The molecule has 1 N–H and O–H groups in total. The van der Waals surface area contributed by atoms with E-state index in [1.165, 1.54) is 12.1 Å². The quantitative estimate of drug-likeness (QED) is 0.779. The van der Waals surface area contributed by atoms with Gasteiger partial charge in [0.05, 0.1) is 6.61 Å². The van der Waals surface area contributed by atoms with Crippen molar-refractivity contribution in [1.29, 1.82) is 0 Å². The lowest BCUT2D eigenvalue weighted by atomic mass is 10.2. The molecule has 0 fully saturated rings. The van der Waals surface area contributed by atoms with Crippen LogP contribution in [0.25, 0.3) is 0 Å². The molecule has 1 rings (SSSR count). The molecule has 0 radical (unpaired) electrons. The lowest BCUT2D eigenvalue weighted by Crippen LogP contribution is -2.06. The number of carboxylic acid groups (broad SMARTS) is 1. The van der Waals surface area contributed by atoms with Crippen molar-refractivity contribution >= 4 is 5.97 Å². The van der Waals surface area contributed by atoms with Gasteiger partial charge in [0.2, 0.25) is 0 Å². The first kappa shape index (κ1) is 16.4. The zero-order valence-corrected chi connectivity index (χ0v) is 11.2. The normalized spacial score (nSPS) is 9.33. The molecule has 18 heavy (non-hydrogen) atoms. The van der Waals surface area contributed by atoms with Gasteiger partial charge in [-0.25, -0.2) is 9.18 Å². The van der Waals surface area contributed by atoms with Crippen molar-refractivity contribution in [2.45, 2.75) is 40.0 Å². The fourth-order valence-electron chi connectivity index (χ4n) is 1.37. The van der Waals surface area contributed by atoms with Gasteiger partial charge in [-0.1, -0.05) is 39.7 Å². The number of carbonyl (C=O) groups is 1. The molecule has 0 aromatic heterocycles. The fraction of sp³-hybridized carbons (Fsp3) is 0.500. The van der Waals surface area contributed by atoms with E-state index in [-0.39, 0.29) is 11.3 Å². The molecule has 0 aliphatic heterocycles. The maximum atomic E-state index is 13.2. The highest BCUT2D eigenvalue weighted by Gasteiger charge is 2.16. The second-order valence-electron chi connectivity index (χ2n) is 3.47. The Hall–Kier alpha value is -1.58. The van der Waals surface area contributed by atoms with Crippen LogP contribution in [0.3, 0.4) is 0 Å². The maximum Gasteiger partial charge on any atom is 0.342 e. The zero-order chi connectivity index (χ0) is 14.0. The standard InChI is InChI=1S/C12H15FO3.C2H6/c1-2-3-4-8-16-10-7-5-6-9(13)11(10)12(14)15;1-2/h5-7H,2-4,8H2,1H3,(H,14,15);1-2H3. The number of hydrogen-bond donors (Lipinski definition) is 1. The lowest BCUT2D eigenvalue weighted by Gasteiger charge is -2.09. The maximum absolute atomic E-state index is 13.2. The SMILES string of the molecule is CC.CCCCCOc1cccc(F)c1C(=O)O. The van der Waals surface area contributed by atoms with Crippen molar-refractivity contribution in [1.82, 2.24) is 0 Å². The third-order valence-corrected chi connectivity index (χ3v) is 2.19. The molecule has 0 aliphatic carbocycles. The van der Waals surface area contributed by atoms with Crippen LogP contribution in [0.1, 0.15) is 50.4 Å². The number of rotatable bonds is 6. The van der Waals surface area contributed by atoms with Crippen LogP contribution in [0.4, 0.5) is 4.39 Å². The first-order chi connectivity index (χ1) is 8.66. The minimum atomic E-state index is -1.30. The van der Waals surface area contributed by atoms with Gasteiger partial charge >= 0.3 is 5.97 Å². The smallest absolute Gasteiger partial charge is 0.342 e. The largest absolute Gasteiger partial charge is 0.493 e. The summed E-state index contributed by atoms with van der Waals surface area (Å²) in [7, 11) is 0. The van der Waals surface area contributed by atoms with E-state index in [4.69, 9.17) is 9.84 Å². The van der Waals surface area contributed by atoms with Crippen molar-refractivity contribution < 1.29 is 19.0 Å². The van der Waals surface area contributed by atoms with Crippen molar-refractivity contribution in [3.05, 3.63) is 29.6 Å². The summed E-state index contributed by atoms with van der Waals surface area (Å²) in [6, 6.07) is 4.03. The van der Waals surface area contributed by atoms with E-state index in [1.54, 1.807) is 0 Å². The first-order valence-corrected chi connectivity index (χ1v) is 6.31. The van der Waals surface area contributed by atoms with Crippen LogP contribution < -0.4 is 4.74 Å². The number of unbranched alkanes of at least 4 members (excludes halogenated alkanes) is 2.